The number of ether oxygens (including phenoxy) is 1. The van der Waals surface area contributed by atoms with Gasteiger partial charge in [0, 0.05) is 20.2 Å². The van der Waals surface area contributed by atoms with E-state index < -0.39 is 0 Å². The van der Waals surface area contributed by atoms with E-state index in [1.54, 1.807) is 4.90 Å². The van der Waals surface area contributed by atoms with Crippen LogP contribution < -0.4 is 5.32 Å². The van der Waals surface area contributed by atoms with Crippen LogP contribution in [-0.2, 0) is 9.53 Å². The Morgan fingerprint density at radius 2 is 2.33 bits per heavy atom. The molecule has 0 radical (unpaired) electrons. The Morgan fingerprint density at radius 3 is 2.93 bits per heavy atom. The molecule has 1 amide bonds. The highest BCUT2D eigenvalue weighted by atomic mass is 16.5. The number of nitrogens with one attached hydrogen (secondary N) is 1. The van der Waals surface area contributed by atoms with Crippen LogP contribution in [0.5, 0.6) is 0 Å². The maximum atomic E-state index is 11.9. The second-order valence-electron chi connectivity index (χ2n) is 3.96. The molecule has 0 bridgehead atoms. The van der Waals surface area contributed by atoms with Gasteiger partial charge in [0.2, 0.25) is 5.91 Å². The van der Waals surface area contributed by atoms with Crippen molar-refractivity contribution in [3.05, 3.63) is 0 Å². The molecule has 0 aromatic heterocycles. The largest absolute Gasteiger partial charge is 0.380 e. The van der Waals surface area contributed by atoms with Crippen molar-refractivity contribution in [3.63, 3.8) is 0 Å². The van der Waals surface area contributed by atoms with Gasteiger partial charge in [-0.1, -0.05) is 6.42 Å². The molecule has 0 aromatic rings. The molecule has 0 spiro atoms. The van der Waals surface area contributed by atoms with Crippen LogP contribution >= 0.6 is 0 Å². The molecule has 0 aromatic carbocycles. The lowest BCUT2D eigenvalue weighted by Gasteiger charge is -2.27. The van der Waals surface area contributed by atoms with Gasteiger partial charge >= 0.3 is 0 Å². The quantitative estimate of drug-likeness (QED) is 0.682. The molecule has 1 heterocycles. The van der Waals surface area contributed by atoms with Crippen LogP contribution in [0.1, 0.15) is 26.2 Å². The molecule has 1 aliphatic heterocycles. The molecule has 1 N–H and O–H groups in total. The first-order chi connectivity index (χ1) is 7.25. The molecule has 0 saturated carbocycles. The SMILES string of the molecule is CCOCCN(C)C(=O)[C@H]1CCCCN1. The van der Waals surface area contributed by atoms with E-state index in [4.69, 9.17) is 4.74 Å². The van der Waals surface area contributed by atoms with Crippen LogP contribution in [0, 0.1) is 0 Å². The smallest absolute Gasteiger partial charge is 0.239 e. The average molecular weight is 214 g/mol. The minimum Gasteiger partial charge on any atom is -0.380 e. The second-order valence-corrected chi connectivity index (χ2v) is 3.96. The molecule has 88 valence electrons. The predicted octanol–water partition coefficient (Wildman–Crippen LogP) is 0.623. The van der Waals surface area contributed by atoms with Crippen molar-refractivity contribution in [1.29, 1.82) is 0 Å². The van der Waals surface area contributed by atoms with Crippen molar-refractivity contribution in [2.24, 2.45) is 0 Å². The van der Waals surface area contributed by atoms with Crippen molar-refractivity contribution in [3.8, 4) is 0 Å². The number of nitrogens with zero attached hydrogens (tertiary/aromatic N) is 1. The Hall–Kier alpha value is -0.610. The van der Waals surface area contributed by atoms with Crippen LogP contribution in [0.15, 0.2) is 0 Å². The second kappa shape index (κ2) is 6.80. The summed E-state index contributed by atoms with van der Waals surface area (Å²) in [6.07, 6.45) is 3.31. The van der Waals surface area contributed by atoms with Gasteiger partial charge in [0.25, 0.3) is 0 Å². The van der Waals surface area contributed by atoms with Crippen LogP contribution in [0.4, 0.5) is 0 Å². The number of rotatable bonds is 5. The molecule has 0 aliphatic carbocycles. The first kappa shape index (κ1) is 12.5. The first-order valence-corrected chi connectivity index (χ1v) is 5.81. The number of amides is 1. The molecule has 1 aliphatic rings. The number of hydrogen-bond acceptors (Lipinski definition) is 3. The summed E-state index contributed by atoms with van der Waals surface area (Å²) >= 11 is 0. The van der Waals surface area contributed by atoms with E-state index in [-0.39, 0.29) is 11.9 Å². The highest BCUT2D eigenvalue weighted by Gasteiger charge is 2.22. The Kier molecular flexibility index (Phi) is 5.65. The highest BCUT2D eigenvalue weighted by Crippen LogP contribution is 2.08. The lowest BCUT2D eigenvalue weighted by Crippen LogP contribution is -2.47. The zero-order valence-corrected chi connectivity index (χ0v) is 9.79. The van der Waals surface area contributed by atoms with Gasteiger partial charge in [-0.25, -0.2) is 0 Å². The summed E-state index contributed by atoms with van der Waals surface area (Å²) in [5.41, 5.74) is 0. The molecule has 1 saturated heterocycles. The molecular formula is C11H22N2O2. The summed E-state index contributed by atoms with van der Waals surface area (Å²) in [5, 5.41) is 3.26. The van der Waals surface area contributed by atoms with Gasteiger partial charge in [0.15, 0.2) is 0 Å². The predicted molar refractivity (Wildman–Crippen MR) is 59.8 cm³/mol. The lowest BCUT2D eigenvalue weighted by molar-refractivity contribution is -0.133. The van der Waals surface area contributed by atoms with Gasteiger partial charge in [-0.05, 0) is 26.3 Å². The van der Waals surface area contributed by atoms with E-state index in [2.05, 4.69) is 5.32 Å². The van der Waals surface area contributed by atoms with E-state index in [0.29, 0.717) is 19.8 Å². The highest BCUT2D eigenvalue weighted by molar-refractivity contribution is 5.81. The summed E-state index contributed by atoms with van der Waals surface area (Å²) < 4.78 is 5.23. The van der Waals surface area contributed by atoms with Crippen LogP contribution in [0.2, 0.25) is 0 Å². The van der Waals surface area contributed by atoms with E-state index in [1.807, 2.05) is 14.0 Å². The van der Waals surface area contributed by atoms with Gasteiger partial charge < -0.3 is 15.0 Å². The molecule has 4 heteroatoms. The normalized spacial score (nSPS) is 21.3. The van der Waals surface area contributed by atoms with Crippen molar-refractivity contribution in [2.45, 2.75) is 32.2 Å². The van der Waals surface area contributed by atoms with Crippen molar-refractivity contribution in [2.75, 3.05) is 33.4 Å². The zero-order valence-electron chi connectivity index (χ0n) is 9.79. The number of likely N-dealkylation sites (N-methyl/N-ethyl adjacent to an activating group) is 1. The van der Waals surface area contributed by atoms with Crippen LogP contribution in [0.25, 0.3) is 0 Å². The molecule has 1 atom stereocenters. The fraction of sp³-hybridized carbons (Fsp3) is 0.909. The number of carbonyl (C=O) groups excluding carboxylic acids is 1. The Morgan fingerprint density at radius 1 is 1.53 bits per heavy atom. The molecule has 1 fully saturated rings. The van der Waals surface area contributed by atoms with E-state index in [1.165, 1.54) is 6.42 Å². The van der Waals surface area contributed by atoms with Crippen molar-refractivity contribution in [1.82, 2.24) is 10.2 Å². The Balaban J connectivity index is 2.24. The Labute approximate surface area is 92.0 Å². The number of carbonyl (C=O) groups is 1. The zero-order chi connectivity index (χ0) is 11.1. The first-order valence-electron chi connectivity index (χ1n) is 5.81. The standard InChI is InChI=1S/C11H22N2O2/c1-3-15-9-8-13(2)11(14)10-6-4-5-7-12-10/h10,12H,3-9H2,1-2H3/t10-/m1/s1. The lowest BCUT2D eigenvalue weighted by atomic mass is 10.0. The van der Waals surface area contributed by atoms with E-state index in [9.17, 15) is 4.79 Å². The van der Waals surface area contributed by atoms with E-state index >= 15 is 0 Å². The summed E-state index contributed by atoms with van der Waals surface area (Å²) in [4.78, 5) is 13.7. The molecule has 1 rings (SSSR count). The molecule has 4 nitrogen and oxygen atoms in total. The van der Waals surface area contributed by atoms with Gasteiger partial charge in [0.05, 0.1) is 12.6 Å². The maximum Gasteiger partial charge on any atom is 0.239 e. The minimum absolute atomic E-state index is 0.0328. The third-order valence-corrected chi connectivity index (χ3v) is 2.76. The van der Waals surface area contributed by atoms with Crippen molar-refractivity contribution >= 4 is 5.91 Å². The summed E-state index contributed by atoms with van der Waals surface area (Å²) in [7, 11) is 1.84. The number of hydrogen-bond donors (Lipinski definition) is 1. The van der Waals surface area contributed by atoms with Gasteiger partial charge in [0.1, 0.15) is 0 Å². The molecular weight excluding hydrogens is 192 g/mol. The monoisotopic (exact) mass is 214 g/mol. The van der Waals surface area contributed by atoms with Crippen LogP contribution in [-0.4, -0.2) is 50.2 Å². The van der Waals surface area contributed by atoms with Gasteiger partial charge in [-0.2, -0.15) is 0 Å². The Bertz CT molecular complexity index is 191. The third-order valence-electron chi connectivity index (χ3n) is 2.76. The summed E-state index contributed by atoms with van der Waals surface area (Å²) in [5.74, 6) is 0.203. The van der Waals surface area contributed by atoms with Gasteiger partial charge in [-0.15, -0.1) is 0 Å². The van der Waals surface area contributed by atoms with Crippen LogP contribution in [0.3, 0.4) is 0 Å². The fourth-order valence-corrected chi connectivity index (χ4v) is 1.78. The third kappa shape index (κ3) is 4.18. The maximum absolute atomic E-state index is 11.9. The summed E-state index contributed by atoms with van der Waals surface area (Å²) in [6.45, 7) is 4.96. The molecule has 0 unspecified atom stereocenters. The van der Waals surface area contributed by atoms with Crippen molar-refractivity contribution < 1.29 is 9.53 Å². The van der Waals surface area contributed by atoms with E-state index in [0.717, 1.165) is 19.4 Å². The topological polar surface area (TPSA) is 41.6 Å². The minimum atomic E-state index is 0.0328. The number of piperidine rings is 1. The fourth-order valence-electron chi connectivity index (χ4n) is 1.78. The summed E-state index contributed by atoms with van der Waals surface area (Å²) in [6, 6.07) is 0.0328. The van der Waals surface area contributed by atoms with Gasteiger partial charge in [-0.3, -0.25) is 4.79 Å². The average Bonchev–Trinajstić information content (AvgIpc) is 2.29. The molecule has 15 heavy (non-hydrogen) atoms.